The Morgan fingerprint density at radius 3 is 2.74 bits per heavy atom. The summed E-state index contributed by atoms with van der Waals surface area (Å²) in [5.74, 6) is 0. The Labute approximate surface area is 210 Å². The number of rotatable bonds is 8. The number of anilines is 1. The van der Waals surface area contributed by atoms with Crippen LogP contribution < -0.4 is 5.32 Å². The molecule has 2 N–H and O–H groups in total. The molecule has 0 bridgehead atoms. The number of aromatic nitrogens is 2. The predicted octanol–water partition coefficient (Wildman–Crippen LogP) is 5.37. The van der Waals surface area contributed by atoms with E-state index in [4.69, 9.17) is 9.84 Å². The van der Waals surface area contributed by atoms with Gasteiger partial charge in [-0.2, -0.15) is 16.4 Å². The van der Waals surface area contributed by atoms with Crippen molar-refractivity contribution < 1.29 is 4.74 Å². The highest BCUT2D eigenvalue weighted by Crippen LogP contribution is 2.31. The normalized spacial score (nSPS) is 18.3. The van der Waals surface area contributed by atoms with Crippen molar-refractivity contribution in [3.05, 3.63) is 70.4 Å². The van der Waals surface area contributed by atoms with Gasteiger partial charge < -0.3 is 10.1 Å². The fourth-order valence-corrected chi connectivity index (χ4v) is 6.08. The Morgan fingerprint density at radius 2 is 1.91 bits per heavy atom. The molecular weight excluding hydrogens is 454 g/mol. The van der Waals surface area contributed by atoms with Crippen LogP contribution in [0.3, 0.4) is 0 Å². The number of aromatic amines is 1. The van der Waals surface area contributed by atoms with Crippen LogP contribution in [0.15, 0.2) is 59.3 Å². The SMILES string of the molecule is c1cc(CN2CCOCC2)cc(-c2n[nH]c3ccc(NCC(c4ccsc4)N4CCCC4)cc23)c1. The van der Waals surface area contributed by atoms with E-state index in [-0.39, 0.29) is 0 Å². The van der Waals surface area contributed by atoms with Gasteiger partial charge in [0.05, 0.1) is 30.5 Å². The lowest BCUT2D eigenvalue weighted by Crippen LogP contribution is -2.35. The van der Waals surface area contributed by atoms with Crippen LogP contribution in [0.4, 0.5) is 5.69 Å². The van der Waals surface area contributed by atoms with Crippen molar-refractivity contribution in [2.24, 2.45) is 0 Å². The second-order valence-corrected chi connectivity index (χ2v) is 10.4. The predicted molar refractivity (Wildman–Crippen MR) is 144 cm³/mol. The highest BCUT2D eigenvalue weighted by molar-refractivity contribution is 7.08. The lowest BCUT2D eigenvalue weighted by molar-refractivity contribution is 0.0342. The second kappa shape index (κ2) is 10.5. The summed E-state index contributed by atoms with van der Waals surface area (Å²) < 4.78 is 5.50. The van der Waals surface area contributed by atoms with Crippen LogP contribution >= 0.6 is 11.3 Å². The number of hydrogen-bond donors (Lipinski definition) is 2. The van der Waals surface area contributed by atoms with E-state index in [1.54, 1.807) is 11.3 Å². The smallest absolute Gasteiger partial charge is 0.1000 e. The average molecular weight is 488 g/mol. The van der Waals surface area contributed by atoms with Crippen molar-refractivity contribution in [1.29, 1.82) is 0 Å². The number of fused-ring (bicyclic) bond motifs is 1. The number of ether oxygens (including phenoxy) is 1. The molecule has 0 radical (unpaired) electrons. The Kier molecular flexibility index (Phi) is 6.82. The number of likely N-dealkylation sites (tertiary alicyclic amines) is 1. The highest BCUT2D eigenvalue weighted by Gasteiger charge is 2.23. The van der Waals surface area contributed by atoms with Gasteiger partial charge in [-0.1, -0.05) is 18.2 Å². The van der Waals surface area contributed by atoms with Crippen molar-refractivity contribution in [1.82, 2.24) is 20.0 Å². The van der Waals surface area contributed by atoms with E-state index < -0.39 is 0 Å². The van der Waals surface area contributed by atoms with Gasteiger partial charge >= 0.3 is 0 Å². The van der Waals surface area contributed by atoms with E-state index in [1.807, 2.05) is 0 Å². The molecule has 0 aliphatic carbocycles. The van der Waals surface area contributed by atoms with Crippen molar-refractivity contribution in [3.8, 4) is 11.3 Å². The first-order chi connectivity index (χ1) is 17.3. The number of nitrogens with zero attached hydrogens (tertiary/aromatic N) is 3. The molecule has 2 fully saturated rings. The lowest BCUT2D eigenvalue weighted by Gasteiger charge is -2.27. The Hall–Kier alpha value is -2.71. The summed E-state index contributed by atoms with van der Waals surface area (Å²) in [6.45, 7) is 7.87. The van der Waals surface area contributed by atoms with Crippen LogP contribution in [0.25, 0.3) is 22.2 Å². The molecule has 1 unspecified atom stereocenters. The molecule has 7 heteroatoms. The van der Waals surface area contributed by atoms with Gasteiger partial charge in [0, 0.05) is 42.8 Å². The van der Waals surface area contributed by atoms with Crippen LogP contribution in [0.2, 0.25) is 0 Å². The third kappa shape index (κ3) is 5.14. The Balaban J connectivity index is 1.21. The van der Waals surface area contributed by atoms with Gasteiger partial charge in [-0.05, 0) is 78.2 Å². The van der Waals surface area contributed by atoms with Crippen molar-refractivity contribution in [2.45, 2.75) is 25.4 Å². The molecule has 0 spiro atoms. The zero-order chi connectivity index (χ0) is 23.5. The third-order valence-corrected chi connectivity index (χ3v) is 7.98. The minimum absolute atomic E-state index is 0.417. The van der Waals surface area contributed by atoms with Crippen LogP contribution in [-0.4, -0.2) is 65.9 Å². The average Bonchev–Trinajstić information content (AvgIpc) is 3.67. The zero-order valence-electron chi connectivity index (χ0n) is 20.1. The topological polar surface area (TPSA) is 56.4 Å². The summed E-state index contributed by atoms with van der Waals surface area (Å²) >= 11 is 1.79. The monoisotopic (exact) mass is 487 g/mol. The maximum Gasteiger partial charge on any atom is 0.1000 e. The molecule has 6 rings (SSSR count). The van der Waals surface area contributed by atoms with Crippen molar-refractivity contribution in [3.63, 3.8) is 0 Å². The molecular formula is C28H33N5OS. The highest BCUT2D eigenvalue weighted by atomic mass is 32.1. The van der Waals surface area contributed by atoms with E-state index in [0.29, 0.717) is 6.04 Å². The van der Waals surface area contributed by atoms with Gasteiger partial charge in [0.1, 0.15) is 0 Å². The summed E-state index contributed by atoms with van der Waals surface area (Å²) in [5, 5.41) is 17.3. The maximum atomic E-state index is 5.50. The lowest BCUT2D eigenvalue weighted by atomic mass is 10.0. The molecule has 4 heterocycles. The first kappa shape index (κ1) is 22.7. The van der Waals surface area contributed by atoms with E-state index in [1.165, 1.54) is 37.1 Å². The fourth-order valence-electron chi connectivity index (χ4n) is 5.37. The number of thiophene rings is 1. The van der Waals surface area contributed by atoms with E-state index in [2.05, 4.69) is 79.5 Å². The van der Waals surface area contributed by atoms with Gasteiger partial charge in [-0.25, -0.2) is 0 Å². The molecule has 182 valence electrons. The Morgan fingerprint density at radius 1 is 1.03 bits per heavy atom. The number of hydrogen-bond acceptors (Lipinski definition) is 6. The standard InChI is InChI=1S/C28H33N5OS/c1-2-10-33(9-1)27(23-8-15-35-20-23)18-29-24-6-7-26-25(17-24)28(31-30-26)22-5-3-4-21(16-22)19-32-11-13-34-14-12-32/h3-8,15-17,20,27,29H,1-2,9-14,18-19H2,(H,30,31). The van der Waals surface area contributed by atoms with Crippen LogP contribution in [0, 0.1) is 0 Å². The number of nitrogens with one attached hydrogen (secondary N) is 2. The van der Waals surface area contributed by atoms with Crippen molar-refractivity contribution >= 4 is 27.9 Å². The molecule has 2 aliphatic rings. The minimum atomic E-state index is 0.417. The largest absolute Gasteiger partial charge is 0.383 e. The van der Waals surface area contributed by atoms with Crippen molar-refractivity contribution in [2.75, 3.05) is 51.3 Å². The molecule has 35 heavy (non-hydrogen) atoms. The van der Waals surface area contributed by atoms with E-state index in [9.17, 15) is 0 Å². The van der Waals surface area contributed by atoms with Crippen LogP contribution in [-0.2, 0) is 11.3 Å². The molecule has 0 saturated carbocycles. The van der Waals surface area contributed by atoms with E-state index >= 15 is 0 Å². The van der Waals surface area contributed by atoms with Gasteiger partial charge in [0.15, 0.2) is 0 Å². The zero-order valence-corrected chi connectivity index (χ0v) is 20.9. The summed E-state index contributed by atoms with van der Waals surface area (Å²) in [7, 11) is 0. The van der Waals surface area contributed by atoms with Gasteiger partial charge in [-0.15, -0.1) is 0 Å². The summed E-state index contributed by atoms with van der Waals surface area (Å²) in [4.78, 5) is 5.08. The van der Waals surface area contributed by atoms with Crippen LogP contribution in [0.5, 0.6) is 0 Å². The van der Waals surface area contributed by atoms with Gasteiger partial charge in [0.25, 0.3) is 0 Å². The first-order valence-electron chi connectivity index (χ1n) is 12.7. The molecule has 4 aromatic rings. The molecule has 6 nitrogen and oxygen atoms in total. The summed E-state index contributed by atoms with van der Waals surface area (Å²) in [6.07, 6.45) is 2.60. The number of morpholine rings is 1. The molecule has 2 aliphatic heterocycles. The molecule has 0 amide bonds. The minimum Gasteiger partial charge on any atom is -0.383 e. The third-order valence-electron chi connectivity index (χ3n) is 7.28. The molecule has 2 aromatic carbocycles. The van der Waals surface area contributed by atoms with Gasteiger partial charge in [-0.3, -0.25) is 14.9 Å². The van der Waals surface area contributed by atoms with Gasteiger partial charge in [0.2, 0.25) is 0 Å². The molecule has 2 aromatic heterocycles. The maximum absolute atomic E-state index is 5.50. The summed E-state index contributed by atoms with van der Waals surface area (Å²) in [5.41, 5.74) is 7.13. The number of H-pyrrole nitrogens is 1. The first-order valence-corrected chi connectivity index (χ1v) is 13.7. The van der Waals surface area contributed by atoms with Crippen LogP contribution in [0.1, 0.15) is 30.0 Å². The molecule has 1 atom stereocenters. The quantitative estimate of drug-likeness (QED) is 0.350. The molecule has 2 saturated heterocycles. The fraction of sp³-hybridized carbons (Fsp3) is 0.393. The Bertz CT molecular complexity index is 1240. The summed E-state index contributed by atoms with van der Waals surface area (Å²) in [6, 6.07) is 18.0. The second-order valence-electron chi connectivity index (χ2n) is 9.62. The van der Waals surface area contributed by atoms with E-state index in [0.717, 1.165) is 67.2 Å². The number of benzene rings is 2.